The van der Waals surface area contributed by atoms with Crippen LogP contribution in [0.1, 0.15) is 0 Å². The van der Waals surface area contributed by atoms with Crippen LogP contribution in [0.25, 0.3) is 0 Å². The lowest BCUT2D eigenvalue weighted by molar-refractivity contribution is -0.119. The van der Waals surface area contributed by atoms with Gasteiger partial charge in [0.15, 0.2) is 5.96 Å². The summed E-state index contributed by atoms with van der Waals surface area (Å²) in [5.74, 6) is 2.92. The highest BCUT2D eigenvalue weighted by molar-refractivity contribution is 14.0. The minimum Gasteiger partial charge on any atom is -0.497 e. The topological polar surface area (TPSA) is 88.7 Å². The maximum Gasteiger partial charge on any atom is 0.242 e. The van der Waals surface area contributed by atoms with Crippen LogP contribution in [0.15, 0.2) is 29.3 Å². The molecule has 0 atom stereocenters. The Balaban J connectivity index is 0.00000361. The first kappa shape index (κ1) is 18.0. The molecule has 0 fully saturated rings. The fourth-order valence-electron chi connectivity index (χ4n) is 1.22. The molecule has 0 aliphatic rings. The van der Waals surface area contributed by atoms with Crippen LogP contribution in [0.5, 0.6) is 5.75 Å². The molecule has 0 aliphatic carbocycles. The van der Waals surface area contributed by atoms with Gasteiger partial charge >= 0.3 is 0 Å². The SMILES string of the molecule is C#CCNC(=O)CN=C(N)Nc1ccc(OC)cc1.I. The smallest absolute Gasteiger partial charge is 0.242 e. The number of hydrogen-bond donors (Lipinski definition) is 3. The normalized spacial score (nSPS) is 9.90. The summed E-state index contributed by atoms with van der Waals surface area (Å²) in [5.41, 5.74) is 6.40. The molecule has 0 bridgehead atoms. The van der Waals surface area contributed by atoms with Crippen molar-refractivity contribution in [2.45, 2.75) is 0 Å². The number of hydrogen-bond acceptors (Lipinski definition) is 3. The number of guanidine groups is 1. The Kier molecular flexibility index (Phi) is 8.95. The summed E-state index contributed by atoms with van der Waals surface area (Å²) < 4.78 is 5.03. The molecule has 0 aromatic heterocycles. The third-order valence-electron chi connectivity index (χ3n) is 2.14. The molecule has 108 valence electrons. The number of anilines is 1. The number of aliphatic imine (C=N–C) groups is 1. The van der Waals surface area contributed by atoms with E-state index in [1.54, 1.807) is 31.4 Å². The third kappa shape index (κ3) is 6.84. The van der Waals surface area contributed by atoms with Gasteiger partial charge in [-0.05, 0) is 24.3 Å². The molecule has 0 unspecified atom stereocenters. The van der Waals surface area contributed by atoms with Crippen molar-refractivity contribution >= 4 is 41.5 Å². The fraction of sp³-hybridized carbons (Fsp3) is 0.231. The van der Waals surface area contributed by atoms with Crippen LogP contribution < -0.4 is 21.1 Å². The molecule has 0 saturated heterocycles. The third-order valence-corrected chi connectivity index (χ3v) is 2.14. The largest absolute Gasteiger partial charge is 0.497 e. The molecule has 0 radical (unpaired) electrons. The van der Waals surface area contributed by atoms with Crippen LogP contribution in [0, 0.1) is 12.3 Å². The second kappa shape index (κ2) is 9.91. The van der Waals surface area contributed by atoms with Gasteiger partial charge in [-0.25, -0.2) is 4.99 Å². The van der Waals surface area contributed by atoms with Gasteiger partial charge in [-0.2, -0.15) is 0 Å². The Hall–Kier alpha value is -1.95. The summed E-state index contributed by atoms with van der Waals surface area (Å²) in [7, 11) is 1.59. The van der Waals surface area contributed by atoms with Crippen molar-refractivity contribution in [3.63, 3.8) is 0 Å². The van der Waals surface area contributed by atoms with Crippen molar-refractivity contribution in [1.29, 1.82) is 0 Å². The van der Waals surface area contributed by atoms with Crippen LogP contribution in [0.2, 0.25) is 0 Å². The first-order chi connectivity index (χ1) is 9.15. The number of halogens is 1. The number of benzene rings is 1. The zero-order valence-corrected chi connectivity index (χ0v) is 13.4. The van der Waals surface area contributed by atoms with Gasteiger partial charge in [0.25, 0.3) is 0 Å². The molecular weight excluding hydrogens is 371 g/mol. The zero-order valence-electron chi connectivity index (χ0n) is 11.1. The molecule has 0 saturated carbocycles. The summed E-state index contributed by atoms with van der Waals surface area (Å²) >= 11 is 0. The van der Waals surface area contributed by atoms with Crippen molar-refractivity contribution in [1.82, 2.24) is 5.32 Å². The molecule has 1 rings (SSSR count). The van der Waals surface area contributed by atoms with Gasteiger partial charge in [0.05, 0.1) is 13.7 Å². The lowest BCUT2D eigenvalue weighted by atomic mass is 10.3. The number of nitrogens with zero attached hydrogens (tertiary/aromatic N) is 1. The predicted molar refractivity (Wildman–Crippen MR) is 90.4 cm³/mol. The number of nitrogens with one attached hydrogen (secondary N) is 2. The molecule has 1 aromatic rings. The lowest BCUT2D eigenvalue weighted by Gasteiger charge is -2.06. The van der Waals surface area contributed by atoms with Crippen LogP contribution >= 0.6 is 24.0 Å². The number of methoxy groups -OCH3 is 1. The fourth-order valence-corrected chi connectivity index (χ4v) is 1.22. The van der Waals surface area contributed by atoms with Gasteiger partial charge in [0.2, 0.25) is 5.91 Å². The summed E-state index contributed by atoms with van der Waals surface area (Å²) in [4.78, 5) is 15.1. The molecule has 0 spiro atoms. The highest BCUT2D eigenvalue weighted by Crippen LogP contribution is 2.14. The Morgan fingerprint density at radius 2 is 2.10 bits per heavy atom. The number of carbonyl (C=O) groups excluding carboxylic acids is 1. The van der Waals surface area contributed by atoms with E-state index >= 15 is 0 Å². The van der Waals surface area contributed by atoms with Crippen molar-refractivity contribution in [3.8, 4) is 18.1 Å². The molecule has 1 amide bonds. The van der Waals surface area contributed by atoms with Crippen LogP contribution in [-0.4, -0.2) is 32.1 Å². The van der Waals surface area contributed by atoms with E-state index in [1.165, 1.54) is 0 Å². The van der Waals surface area contributed by atoms with Gasteiger partial charge in [0.1, 0.15) is 12.3 Å². The Labute approximate surface area is 135 Å². The van der Waals surface area contributed by atoms with E-state index in [0.29, 0.717) is 0 Å². The van der Waals surface area contributed by atoms with Gasteiger partial charge in [-0.3, -0.25) is 4.79 Å². The maximum absolute atomic E-state index is 11.2. The summed E-state index contributed by atoms with van der Waals surface area (Å²) in [6.07, 6.45) is 5.01. The van der Waals surface area contributed by atoms with Crippen LogP contribution in [0.4, 0.5) is 5.69 Å². The molecular formula is C13H17IN4O2. The van der Waals surface area contributed by atoms with E-state index in [-0.39, 0.29) is 48.9 Å². The predicted octanol–water partition coefficient (Wildman–Crippen LogP) is 0.789. The second-order valence-corrected chi connectivity index (χ2v) is 3.54. The van der Waals surface area contributed by atoms with Gasteiger partial charge in [-0.1, -0.05) is 5.92 Å². The number of terminal acetylenes is 1. The standard InChI is InChI=1S/C13H16N4O2.HI/c1-3-8-15-12(18)9-16-13(14)17-10-4-6-11(19-2)7-5-10;/h1,4-7H,8-9H2,2H3,(H,15,18)(H3,14,16,17);1H. The van der Waals surface area contributed by atoms with Crippen molar-refractivity contribution in [2.75, 3.05) is 25.5 Å². The summed E-state index contributed by atoms with van der Waals surface area (Å²) in [6.45, 7) is 0.108. The van der Waals surface area contributed by atoms with Gasteiger partial charge in [-0.15, -0.1) is 30.4 Å². The first-order valence-corrected chi connectivity index (χ1v) is 5.57. The highest BCUT2D eigenvalue weighted by Gasteiger charge is 1.99. The van der Waals surface area contributed by atoms with E-state index < -0.39 is 0 Å². The van der Waals surface area contributed by atoms with Crippen molar-refractivity contribution in [3.05, 3.63) is 24.3 Å². The van der Waals surface area contributed by atoms with E-state index in [4.69, 9.17) is 16.9 Å². The zero-order chi connectivity index (χ0) is 14.1. The maximum atomic E-state index is 11.2. The Bertz CT molecular complexity index is 494. The van der Waals surface area contributed by atoms with Crippen molar-refractivity contribution < 1.29 is 9.53 Å². The number of nitrogens with two attached hydrogens (primary N) is 1. The molecule has 6 nitrogen and oxygen atoms in total. The van der Waals surface area contributed by atoms with Crippen LogP contribution in [-0.2, 0) is 4.79 Å². The monoisotopic (exact) mass is 388 g/mol. The first-order valence-electron chi connectivity index (χ1n) is 5.57. The van der Waals surface area contributed by atoms with Crippen molar-refractivity contribution in [2.24, 2.45) is 10.7 Å². The van der Waals surface area contributed by atoms with E-state index in [2.05, 4.69) is 21.5 Å². The number of amides is 1. The van der Waals surface area contributed by atoms with Gasteiger partial charge < -0.3 is 21.1 Å². The van der Waals surface area contributed by atoms with E-state index in [1.807, 2.05) is 0 Å². The summed E-state index contributed by atoms with van der Waals surface area (Å²) in [5, 5.41) is 5.34. The molecule has 1 aromatic carbocycles. The minimum atomic E-state index is -0.280. The molecule has 7 heteroatoms. The van der Waals surface area contributed by atoms with E-state index in [9.17, 15) is 4.79 Å². The second-order valence-electron chi connectivity index (χ2n) is 3.54. The highest BCUT2D eigenvalue weighted by atomic mass is 127. The number of ether oxygens (including phenoxy) is 1. The molecule has 20 heavy (non-hydrogen) atoms. The molecule has 4 N–H and O–H groups in total. The average molecular weight is 388 g/mol. The Morgan fingerprint density at radius 3 is 2.65 bits per heavy atom. The Morgan fingerprint density at radius 1 is 1.45 bits per heavy atom. The number of rotatable bonds is 5. The quantitative estimate of drug-likeness (QED) is 0.301. The minimum absolute atomic E-state index is 0. The summed E-state index contributed by atoms with van der Waals surface area (Å²) in [6, 6.07) is 7.16. The van der Waals surface area contributed by atoms with E-state index in [0.717, 1.165) is 11.4 Å². The molecule has 0 heterocycles. The molecule has 0 aliphatic heterocycles. The van der Waals surface area contributed by atoms with Crippen LogP contribution in [0.3, 0.4) is 0 Å². The average Bonchev–Trinajstić information content (AvgIpc) is 2.43. The van der Waals surface area contributed by atoms with Gasteiger partial charge in [0, 0.05) is 5.69 Å². The lowest BCUT2D eigenvalue weighted by Crippen LogP contribution is -2.29. The number of carbonyl (C=O) groups is 1.